The van der Waals surface area contributed by atoms with Crippen LogP contribution in [-0.2, 0) is 6.18 Å². The van der Waals surface area contributed by atoms with Gasteiger partial charge in [-0.25, -0.2) is 9.67 Å². The first kappa shape index (κ1) is 13.4. The first-order valence-electron chi connectivity index (χ1n) is 6.16. The molecule has 3 rings (SSSR count). The molecule has 1 fully saturated rings. The van der Waals surface area contributed by atoms with E-state index in [0.717, 1.165) is 23.6 Å². The zero-order valence-electron chi connectivity index (χ0n) is 10.6. The molecule has 1 aliphatic carbocycles. The Kier molecular flexibility index (Phi) is 2.86. The summed E-state index contributed by atoms with van der Waals surface area (Å²) in [6.45, 7) is 0. The van der Waals surface area contributed by atoms with Crippen LogP contribution in [0.5, 0.6) is 5.75 Å². The lowest BCUT2D eigenvalue weighted by Crippen LogP contribution is -2.08. The molecule has 0 spiro atoms. The summed E-state index contributed by atoms with van der Waals surface area (Å²) < 4.78 is 39.7. The summed E-state index contributed by atoms with van der Waals surface area (Å²) in [6.07, 6.45) is -1.63. The molecule has 0 unspecified atom stereocenters. The van der Waals surface area contributed by atoms with E-state index in [4.69, 9.17) is 5.26 Å². The molecule has 0 atom stereocenters. The standard InChI is InChI=1S/C13H9F3N4O/c14-13(15,16)9-3-7(5-17)4-10(11(9)21)20-6-18-12(19-20)8-1-2-8/h3-4,6,8,21H,1-2H2. The minimum absolute atomic E-state index is 0.208. The average Bonchev–Trinajstić information content (AvgIpc) is 3.16. The fraction of sp³-hybridized carbons (Fsp3) is 0.308. The Morgan fingerprint density at radius 2 is 2.05 bits per heavy atom. The fourth-order valence-electron chi connectivity index (χ4n) is 1.99. The maximum absolute atomic E-state index is 12.9. The normalized spacial score (nSPS) is 15.0. The van der Waals surface area contributed by atoms with Gasteiger partial charge in [-0.3, -0.25) is 0 Å². The Morgan fingerprint density at radius 1 is 1.33 bits per heavy atom. The highest BCUT2D eigenvalue weighted by Gasteiger charge is 2.36. The summed E-state index contributed by atoms with van der Waals surface area (Å²) in [5.74, 6) is -0.200. The molecular formula is C13H9F3N4O. The molecule has 1 aromatic heterocycles. The van der Waals surface area contributed by atoms with Crippen molar-refractivity contribution < 1.29 is 18.3 Å². The van der Waals surface area contributed by atoms with Gasteiger partial charge in [0, 0.05) is 5.92 Å². The Hall–Kier alpha value is -2.56. The number of nitriles is 1. The molecule has 0 saturated heterocycles. The van der Waals surface area contributed by atoms with Gasteiger partial charge in [-0.05, 0) is 25.0 Å². The molecule has 21 heavy (non-hydrogen) atoms. The first-order chi connectivity index (χ1) is 9.90. The Bertz CT molecular complexity index is 741. The molecule has 5 nitrogen and oxygen atoms in total. The van der Waals surface area contributed by atoms with Gasteiger partial charge >= 0.3 is 6.18 Å². The Balaban J connectivity index is 2.14. The van der Waals surface area contributed by atoms with Crippen molar-refractivity contribution in [3.05, 3.63) is 35.4 Å². The molecule has 1 aromatic carbocycles. The third-order valence-corrected chi connectivity index (χ3v) is 3.22. The fourth-order valence-corrected chi connectivity index (χ4v) is 1.99. The topological polar surface area (TPSA) is 74.7 Å². The van der Waals surface area contributed by atoms with E-state index in [-0.39, 0.29) is 17.2 Å². The van der Waals surface area contributed by atoms with E-state index in [2.05, 4.69) is 10.1 Å². The molecule has 8 heteroatoms. The quantitative estimate of drug-likeness (QED) is 0.924. The molecule has 1 saturated carbocycles. The molecule has 0 radical (unpaired) electrons. The number of aromatic hydroxyl groups is 1. The third-order valence-electron chi connectivity index (χ3n) is 3.22. The summed E-state index contributed by atoms with van der Waals surface area (Å²) in [4.78, 5) is 4.02. The highest BCUT2D eigenvalue weighted by molar-refractivity contribution is 5.56. The smallest absolute Gasteiger partial charge is 0.420 e. The van der Waals surface area contributed by atoms with Crippen molar-refractivity contribution in [1.82, 2.24) is 14.8 Å². The second-order valence-corrected chi connectivity index (χ2v) is 4.82. The van der Waals surface area contributed by atoms with Crippen molar-refractivity contribution in [2.75, 3.05) is 0 Å². The minimum Gasteiger partial charge on any atom is -0.505 e. The molecule has 108 valence electrons. The van der Waals surface area contributed by atoms with Crippen LogP contribution in [0.25, 0.3) is 5.69 Å². The number of hydrogen-bond donors (Lipinski definition) is 1. The molecule has 1 heterocycles. The first-order valence-corrected chi connectivity index (χ1v) is 6.16. The monoisotopic (exact) mass is 294 g/mol. The third kappa shape index (κ3) is 2.42. The van der Waals surface area contributed by atoms with Gasteiger partial charge in [-0.1, -0.05) is 0 Å². The van der Waals surface area contributed by atoms with E-state index >= 15 is 0 Å². The van der Waals surface area contributed by atoms with Gasteiger partial charge in [-0.2, -0.15) is 23.5 Å². The molecule has 0 aliphatic heterocycles. The Labute approximate surface area is 117 Å². The van der Waals surface area contributed by atoms with E-state index < -0.39 is 17.5 Å². The van der Waals surface area contributed by atoms with Crippen molar-refractivity contribution in [3.8, 4) is 17.5 Å². The van der Waals surface area contributed by atoms with E-state index in [0.29, 0.717) is 11.9 Å². The number of nitrogens with zero attached hydrogens (tertiary/aromatic N) is 4. The van der Waals surface area contributed by atoms with Crippen LogP contribution in [-0.4, -0.2) is 19.9 Å². The van der Waals surface area contributed by atoms with E-state index in [1.54, 1.807) is 6.07 Å². The molecule has 1 N–H and O–H groups in total. The van der Waals surface area contributed by atoms with E-state index in [1.165, 1.54) is 6.33 Å². The summed E-state index contributed by atoms with van der Waals surface area (Å²) in [6, 6.07) is 3.40. The van der Waals surface area contributed by atoms with Crippen molar-refractivity contribution in [1.29, 1.82) is 5.26 Å². The number of rotatable bonds is 2. The van der Waals surface area contributed by atoms with Crippen LogP contribution in [0, 0.1) is 11.3 Å². The van der Waals surface area contributed by atoms with Crippen LogP contribution >= 0.6 is 0 Å². The molecule has 0 bridgehead atoms. The average molecular weight is 294 g/mol. The van der Waals surface area contributed by atoms with Crippen LogP contribution in [0.2, 0.25) is 0 Å². The van der Waals surface area contributed by atoms with Gasteiger partial charge in [0.1, 0.15) is 17.6 Å². The summed E-state index contributed by atoms with van der Waals surface area (Å²) in [5, 5.41) is 22.8. The molecular weight excluding hydrogens is 285 g/mol. The maximum Gasteiger partial charge on any atom is 0.420 e. The Morgan fingerprint density at radius 3 is 2.62 bits per heavy atom. The zero-order valence-corrected chi connectivity index (χ0v) is 10.6. The van der Waals surface area contributed by atoms with Crippen molar-refractivity contribution in [2.45, 2.75) is 24.9 Å². The zero-order chi connectivity index (χ0) is 15.2. The number of alkyl halides is 3. The second kappa shape index (κ2) is 4.48. The summed E-state index contributed by atoms with van der Waals surface area (Å²) >= 11 is 0. The summed E-state index contributed by atoms with van der Waals surface area (Å²) in [5.41, 5.74) is -1.68. The highest BCUT2D eigenvalue weighted by atomic mass is 19.4. The van der Waals surface area contributed by atoms with Crippen molar-refractivity contribution in [3.63, 3.8) is 0 Å². The minimum atomic E-state index is -4.76. The largest absolute Gasteiger partial charge is 0.505 e. The van der Waals surface area contributed by atoms with Crippen LogP contribution in [0.15, 0.2) is 18.5 Å². The van der Waals surface area contributed by atoms with Crippen LogP contribution in [0.3, 0.4) is 0 Å². The molecule has 1 aliphatic rings. The van der Waals surface area contributed by atoms with Crippen LogP contribution in [0.1, 0.15) is 35.7 Å². The van der Waals surface area contributed by atoms with Gasteiger partial charge in [0.15, 0.2) is 11.6 Å². The number of phenols is 1. The summed E-state index contributed by atoms with van der Waals surface area (Å²) in [7, 11) is 0. The van der Waals surface area contributed by atoms with Crippen LogP contribution < -0.4 is 0 Å². The van der Waals surface area contributed by atoms with Gasteiger partial charge in [0.2, 0.25) is 0 Å². The van der Waals surface area contributed by atoms with Gasteiger partial charge in [0.25, 0.3) is 0 Å². The lowest BCUT2D eigenvalue weighted by atomic mass is 10.1. The predicted octanol–water partition coefficient (Wildman–Crippen LogP) is 2.74. The molecule has 0 amide bonds. The number of aromatic nitrogens is 3. The number of halogens is 3. The van der Waals surface area contributed by atoms with Crippen LogP contribution in [0.4, 0.5) is 13.2 Å². The van der Waals surface area contributed by atoms with Crippen molar-refractivity contribution >= 4 is 0 Å². The number of benzene rings is 1. The molecule has 2 aromatic rings. The number of phenolic OH excluding ortho intramolecular Hbond substituents is 1. The SMILES string of the molecule is N#Cc1cc(-n2cnc(C3CC3)n2)c(O)c(C(F)(F)F)c1. The van der Waals surface area contributed by atoms with E-state index in [9.17, 15) is 18.3 Å². The lowest BCUT2D eigenvalue weighted by Gasteiger charge is -2.12. The maximum atomic E-state index is 12.9. The lowest BCUT2D eigenvalue weighted by molar-refractivity contribution is -0.138. The predicted molar refractivity (Wildman–Crippen MR) is 64.7 cm³/mol. The van der Waals surface area contributed by atoms with Crippen molar-refractivity contribution in [2.24, 2.45) is 0 Å². The second-order valence-electron chi connectivity index (χ2n) is 4.82. The highest BCUT2D eigenvalue weighted by Crippen LogP contribution is 2.41. The van der Waals surface area contributed by atoms with E-state index in [1.807, 2.05) is 0 Å². The van der Waals surface area contributed by atoms with Gasteiger partial charge in [0.05, 0.1) is 11.6 Å². The van der Waals surface area contributed by atoms with Gasteiger partial charge < -0.3 is 5.11 Å². The number of hydrogen-bond acceptors (Lipinski definition) is 4. The van der Waals surface area contributed by atoms with Gasteiger partial charge in [-0.15, -0.1) is 0 Å².